The first-order valence-electron chi connectivity index (χ1n) is 7.02. The zero-order valence-corrected chi connectivity index (χ0v) is 13.8. The smallest absolute Gasteiger partial charge is 0.340 e. The van der Waals surface area contributed by atoms with Gasteiger partial charge in [-0.2, -0.15) is 0 Å². The first-order chi connectivity index (χ1) is 11.4. The number of halogens is 2. The third kappa shape index (κ3) is 3.42. The second kappa shape index (κ2) is 6.63. The summed E-state index contributed by atoms with van der Waals surface area (Å²) in [7, 11) is 0. The number of fused-ring (bicyclic) bond motifs is 1. The Kier molecular flexibility index (Phi) is 4.55. The highest BCUT2D eigenvalue weighted by Crippen LogP contribution is 2.24. The molecule has 1 amide bonds. The maximum atomic E-state index is 12.2. The van der Waals surface area contributed by atoms with Crippen LogP contribution in [0.15, 0.2) is 36.4 Å². The van der Waals surface area contributed by atoms with Crippen LogP contribution in [0.1, 0.15) is 26.3 Å². The molecule has 1 heterocycles. The summed E-state index contributed by atoms with van der Waals surface area (Å²) in [4.78, 5) is 35.5. The van der Waals surface area contributed by atoms with E-state index in [2.05, 4.69) is 5.32 Å². The summed E-state index contributed by atoms with van der Waals surface area (Å²) in [6.07, 6.45) is 0.233. The summed E-state index contributed by atoms with van der Waals surface area (Å²) in [5, 5.41) is 3.24. The number of carbonyl (C=O) groups excluding carboxylic acids is 3. The molecule has 24 heavy (non-hydrogen) atoms. The average Bonchev–Trinajstić information content (AvgIpc) is 2.91. The molecule has 3 rings (SSSR count). The molecule has 0 bridgehead atoms. The number of carbonyl (C=O) groups is 3. The molecule has 2 aromatic rings. The molecule has 5 nitrogen and oxygen atoms in total. The molecule has 7 heteroatoms. The Balaban J connectivity index is 1.66. The quantitative estimate of drug-likeness (QED) is 0.666. The lowest BCUT2D eigenvalue weighted by Gasteiger charge is -2.07. The number of benzene rings is 2. The van der Waals surface area contributed by atoms with Crippen LogP contribution in [0.3, 0.4) is 0 Å². The molecule has 1 N–H and O–H groups in total. The van der Waals surface area contributed by atoms with Gasteiger partial charge in [-0.25, -0.2) is 4.79 Å². The zero-order chi connectivity index (χ0) is 17.3. The van der Waals surface area contributed by atoms with E-state index < -0.39 is 12.6 Å². The van der Waals surface area contributed by atoms with Gasteiger partial charge in [0.2, 0.25) is 5.91 Å². The zero-order valence-electron chi connectivity index (χ0n) is 12.3. The van der Waals surface area contributed by atoms with Crippen LogP contribution in [0.4, 0.5) is 5.69 Å². The van der Waals surface area contributed by atoms with Crippen molar-refractivity contribution < 1.29 is 19.1 Å². The third-order valence-corrected chi connectivity index (χ3v) is 4.09. The van der Waals surface area contributed by atoms with Gasteiger partial charge in [-0.05, 0) is 42.0 Å². The highest BCUT2D eigenvalue weighted by molar-refractivity contribution is 6.36. The highest BCUT2D eigenvalue weighted by atomic mass is 35.5. The van der Waals surface area contributed by atoms with Crippen LogP contribution >= 0.6 is 23.2 Å². The van der Waals surface area contributed by atoms with Crippen LogP contribution < -0.4 is 5.32 Å². The number of Topliss-reactive ketones (excluding diaryl/α,β-unsaturated/α-hetero) is 1. The SMILES string of the molecule is O=C1Cc2cc(C(=O)COC(=O)c3ccc(Cl)cc3Cl)ccc2N1. The summed E-state index contributed by atoms with van der Waals surface area (Å²) in [6.45, 7) is -0.419. The number of ether oxygens (including phenoxy) is 1. The maximum Gasteiger partial charge on any atom is 0.340 e. The van der Waals surface area contributed by atoms with Gasteiger partial charge in [-0.1, -0.05) is 23.2 Å². The molecule has 2 aromatic carbocycles. The minimum absolute atomic E-state index is 0.113. The van der Waals surface area contributed by atoms with Crippen molar-refractivity contribution in [3.8, 4) is 0 Å². The standard InChI is InChI=1S/C17H11Cl2NO4/c18-11-2-3-12(13(19)7-11)17(23)24-8-15(21)9-1-4-14-10(5-9)6-16(22)20-14/h1-5,7H,6,8H2,(H,20,22). The molecule has 0 unspecified atom stereocenters. The summed E-state index contributed by atoms with van der Waals surface area (Å²) >= 11 is 11.7. The molecule has 0 radical (unpaired) electrons. The van der Waals surface area contributed by atoms with Crippen LogP contribution in [0.5, 0.6) is 0 Å². The van der Waals surface area contributed by atoms with E-state index >= 15 is 0 Å². The van der Waals surface area contributed by atoms with Crippen molar-refractivity contribution in [1.82, 2.24) is 0 Å². The second-order valence-corrected chi connectivity index (χ2v) is 6.06. The van der Waals surface area contributed by atoms with Crippen LogP contribution in [-0.4, -0.2) is 24.3 Å². The van der Waals surface area contributed by atoms with E-state index in [9.17, 15) is 14.4 Å². The van der Waals surface area contributed by atoms with Crippen molar-refractivity contribution in [2.45, 2.75) is 6.42 Å². The fraction of sp³-hybridized carbons (Fsp3) is 0.118. The number of hydrogen-bond donors (Lipinski definition) is 1. The topological polar surface area (TPSA) is 72.5 Å². The third-order valence-electron chi connectivity index (χ3n) is 3.54. The van der Waals surface area contributed by atoms with E-state index in [1.54, 1.807) is 18.2 Å². The lowest BCUT2D eigenvalue weighted by molar-refractivity contribution is -0.115. The van der Waals surface area contributed by atoms with Gasteiger partial charge >= 0.3 is 5.97 Å². The van der Waals surface area contributed by atoms with E-state index in [0.29, 0.717) is 16.3 Å². The molecule has 0 aromatic heterocycles. The Morgan fingerprint density at radius 3 is 2.67 bits per heavy atom. The molecule has 1 aliphatic heterocycles. The van der Waals surface area contributed by atoms with Crippen LogP contribution in [0, 0.1) is 0 Å². The largest absolute Gasteiger partial charge is 0.454 e. The van der Waals surface area contributed by atoms with Gasteiger partial charge in [0.15, 0.2) is 12.4 Å². The number of nitrogens with one attached hydrogen (secondary N) is 1. The summed E-state index contributed by atoms with van der Waals surface area (Å²) in [5.74, 6) is -1.18. The first kappa shape index (κ1) is 16.5. The van der Waals surface area contributed by atoms with Crippen molar-refractivity contribution in [2.75, 3.05) is 11.9 Å². The van der Waals surface area contributed by atoms with Gasteiger partial charge < -0.3 is 10.1 Å². The molecular formula is C17H11Cl2NO4. The summed E-state index contributed by atoms with van der Waals surface area (Å²) in [6, 6.07) is 9.23. The predicted molar refractivity (Wildman–Crippen MR) is 89.9 cm³/mol. The Labute approximate surface area is 147 Å². The highest BCUT2D eigenvalue weighted by Gasteiger charge is 2.20. The molecule has 0 spiro atoms. The second-order valence-electron chi connectivity index (χ2n) is 5.22. The molecule has 0 saturated carbocycles. The summed E-state index contributed by atoms with van der Waals surface area (Å²) in [5.41, 5.74) is 1.96. The van der Waals surface area contributed by atoms with Crippen molar-refractivity contribution in [3.05, 3.63) is 63.1 Å². The Morgan fingerprint density at radius 1 is 1.12 bits per heavy atom. The van der Waals surface area contributed by atoms with Gasteiger partial charge in [0, 0.05) is 16.3 Å². The monoisotopic (exact) mass is 363 g/mol. The van der Waals surface area contributed by atoms with Crippen LogP contribution in [0.25, 0.3) is 0 Å². The van der Waals surface area contributed by atoms with Gasteiger partial charge in [-0.15, -0.1) is 0 Å². The molecule has 0 aliphatic carbocycles. The number of amides is 1. The molecule has 0 fully saturated rings. The molecule has 1 aliphatic rings. The van der Waals surface area contributed by atoms with E-state index in [0.717, 1.165) is 5.56 Å². The number of esters is 1. The normalized spacial score (nSPS) is 12.5. The van der Waals surface area contributed by atoms with Crippen molar-refractivity contribution in [2.24, 2.45) is 0 Å². The van der Waals surface area contributed by atoms with E-state index in [4.69, 9.17) is 27.9 Å². The fourth-order valence-electron chi connectivity index (χ4n) is 2.35. The fourth-order valence-corrected chi connectivity index (χ4v) is 2.84. The number of ketones is 1. The lowest BCUT2D eigenvalue weighted by Crippen LogP contribution is -2.14. The Morgan fingerprint density at radius 2 is 1.92 bits per heavy atom. The van der Waals surface area contributed by atoms with Gasteiger partial charge in [-0.3, -0.25) is 9.59 Å². The molecule has 0 atom stereocenters. The van der Waals surface area contributed by atoms with E-state index in [1.807, 2.05) is 0 Å². The summed E-state index contributed by atoms with van der Waals surface area (Å²) < 4.78 is 5.01. The molecule has 0 saturated heterocycles. The Bertz CT molecular complexity index is 864. The Hall–Kier alpha value is -2.37. The van der Waals surface area contributed by atoms with Crippen molar-refractivity contribution >= 4 is 46.5 Å². The number of anilines is 1. The number of rotatable bonds is 4. The van der Waals surface area contributed by atoms with Gasteiger partial charge in [0.05, 0.1) is 17.0 Å². The molecule has 122 valence electrons. The van der Waals surface area contributed by atoms with E-state index in [1.165, 1.54) is 18.2 Å². The van der Waals surface area contributed by atoms with Gasteiger partial charge in [0.1, 0.15) is 0 Å². The van der Waals surface area contributed by atoms with Crippen molar-refractivity contribution in [3.63, 3.8) is 0 Å². The molecular weight excluding hydrogens is 353 g/mol. The maximum absolute atomic E-state index is 12.2. The van der Waals surface area contributed by atoms with Gasteiger partial charge in [0.25, 0.3) is 0 Å². The predicted octanol–water partition coefficient (Wildman–Crippen LogP) is 3.53. The minimum Gasteiger partial charge on any atom is -0.454 e. The minimum atomic E-state index is -0.706. The average molecular weight is 364 g/mol. The first-order valence-corrected chi connectivity index (χ1v) is 7.78. The van der Waals surface area contributed by atoms with Crippen LogP contribution in [-0.2, 0) is 16.0 Å². The van der Waals surface area contributed by atoms with Crippen molar-refractivity contribution in [1.29, 1.82) is 0 Å². The lowest BCUT2D eigenvalue weighted by atomic mass is 10.1. The van der Waals surface area contributed by atoms with Crippen LogP contribution in [0.2, 0.25) is 10.0 Å². The van der Waals surface area contributed by atoms with E-state index in [-0.39, 0.29) is 28.7 Å². The number of hydrogen-bond acceptors (Lipinski definition) is 4.